The first-order valence-corrected chi connectivity index (χ1v) is 5.05. The lowest BCUT2D eigenvalue weighted by Gasteiger charge is -2.38. The zero-order valence-electron chi connectivity index (χ0n) is 8.68. The van der Waals surface area contributed by atoms with Gasteiger partial charge in [0.05, 0.1) is 6.10 Å². The minimum absolute atomic E-state index is 0.451. The molecule has 0 aromatic heterocycles. The number of methoxy groups -OCH3 is 1. The molecule has 2 fully saturated rings. The largest absolute Gasteiger partial charge is 0.381 e. The Labute approximate surface area is 75.5 Å². The van der Waals surface area contributed by atoms with Gasteiger partial charge in [-0.3, -0.25) is 0 Å². The van der Waals surface area contributed by atoms with Crippen LogP contribution < -0.4 is 0 Å². The Hall–Kier alpha value is -0.0400. The second kappa shape index (κ2) is 2.25. The van der Waals surface area contributed by atoms with Crippen LogP contribution in [0.3, 0.4) is 0 Å². The molecule has 2 saturated carbocycles. The summed E-state index contributed by atoms with van der Waals surface area (Å²) in [4.78, 5) is 0. The van der Waals surface area contributed by atoms with Crippen LogP contribution >= 0.6 is 0 Å². The van der Waals surface area contributed by atoms with E-state index in [1.54, 1.807) is 0 Å². The molecule has 1 nitrogen and oxygen atoms in total. The van der Waals surface area contributed by atoms with E-state index in [9.17, 15) is 0 Å². The molecule has 70 valence electrons. The van der Waals surface area contributed by atoms with E-state index in [4.69, 9.17) is 4.74 Å². The van der Waals surface area contributed by atoms with Gasteiger partial charge in [0.25, 0.3) is 0 Å². The van der Waals surface area contributed by atoms with Crippen molar-refractivity contribution in [3.05, 3.63) is 0 Å². The van der Waals surface area contributed by atoms with Crippen LogP contribution in [0.5, 0.6) is 0 Å². The summed E-state index contributed by atoms with van der Waals surface area (Å²) in [5.41, 5.74) is 0.958. The first-order chi connectivity index (χ1) is 5.52. The maximum Gasteiger partial charge on any atom is 0.0632 e. The molecule has 2 aliphatic rings. The average molecular weight is 168 g/mol. The highest BCUT2D eigenvalue weighted by molar-refractivity contribution is 5.10. The fraction of sp³-hybridized carbons (Fsp3) is 1.00. The van der Waals surface area contributed by atoms with Gasteiger partial charge in [-0.2, -0.15) is 0 Å². The number of hydrogen-bond donors (Lipinski definition) is 0. The molecule has 12 heavy (non-hydrogen) atoms. The molecule has 0 aromatic rings. The zero-order chi connectivity index (χ0) is 8.98. The Morgan fingerprint density at radius 2 is 1.92 bits per heavy atom. The third-order valence-corrected chi connectivity index (χ3v) is 5.00. The predicted octanol–water partition coefficient (Wildman–Crippen LogP) is 2.85. The van der Waals surface area contributed by atoms with Crippen molar-refractivity contribution in [3.63, 3.8) is 0 Å². The van der Waals surface area contributed by atoms with Gasteiger partial charge in [0.2, 0.25) is 0 Å². The van der Waals surface area contributed by atoms with Gasteiger partial charge in [0.15, 0.2) is 0 Å². The van der Waals surface area contributed by atoms with Crippen molar-refractivity contribution >= 4 is 0 Å². The molecule has 0 spiro atoms. The maximum absolute atomic E-state index is 5.58. The second-order valence-electron chi connectivity index (χ2n) is 5.33. The summed E-state index contributed by atoms with van der Waals surface area (Å²) in [5.74, 6) is 0.910. The van der Waals surface area contributed by atoms with Gasteiger partial charge in [-0.25, -0.2) is 0 Å². The monoisotopic (exact) mass is 168 g/mol. The van der Waals surface area contributed by atoms with Crippen molar-refractivity contribution in [2.24, 2.45) is 16.7 Å². The van der Waals surface area contributed by atoms with E-state index in [0.717, 1.165) is 5.92 Å². The lowest BCUT2D eigenvalue weighted by molar-refractivity contribution is -0.0200. The predicted molar refractivity (Wildman–Crippen MR) is 50.0 cm³/mol. The van der Waals surface area contributed by atoms with Crippen molar-refractivity contribution in [2.45, 2.75) is 46.1 Å². The van der Waals surface area contributed by atoms with Gasteiger partial charge in [-0.1, -0.05) is 20.8 Å². The molecule has 0 aromatic carbocycles. The molecule has 0 N–H and O–H groups in total. The third kappa shape index (κ3) is 0.736. The van der Waals surface area contributed by atoms with Crippen LogP contribution in [0.2, 0.25) is 0 Å². The van der Waals surface area contributed by atoms with E-state index in [1.165, 1.54) is 19.3 Å². The zero-order valence-corrected chi connectivity index (χ0v) is 8.68. The van der Waals surface area contributed by atoms with Crippen LogP contribution in [0.4, 0.5) is 0 Å². The number of ether oxygens (including phenoxy) is 1. The number of hydrogen-bond acceptors (Lipinski definition) is 1. The van der Waals surface area contributed by atoms with Gasteiger partial charge in [0, 0.05) is 7.11 Å². The minimum atomic E-state index is 0.451. The second-order valence-corrected chi connectivity index (χ2v) is 5.33. The van der Waals surface area contributed by atoms with E-state index in [2.05, 4.69) is 20.8 Å². The molecule has 2 aliphatic carbocycles. The minimum Gasteiger partial charge on any atom is -0.381 e. The van der Waals surface area contributed by atoms with Gasteiger partial charge in [-0.15, -0.1) is 0 Å². The fourth-order valence-corrected chi connectivity index (χ4v) is 3.49. The molecular formula is C11H20O. The third-order valence-electron chi connectivity index (χ3n) is 5.00. The van der Waals surface area contributed by atoms with Gasteiger partial charge in [0.1, 0.15) is 0 Å². The molecule has 0 saturated heterocycles. The van der Waals surface area contributed by atoms with E-state index in [-0.39, 0.29) is 0 Å². The lowest BCUT2D eigenvalue weighted by Crippen LogP contribution is -2.36. The molecule has 2 rings (SSSR count). The summed E-state index contributed by atoms with van der Waals surface area (Å²) in [7, 11) is 1.87. The first kappa shape index (κ1) is 8.55. The quantitative estimate of drug-likeness (QED) is 0.585. The molecule has 0 aliphatic heterocycles. The molecule has 0 amide bonds. The van der Waals surface area contributed by atoms with Crippen molar-refractivity contribution in [1.29, 1.82) is 0 Å². The summed E-state index contributed by atoms with van der Waals surface area (Å²) in [6.45, 7) is 7.25. The molecule has 0 unspecified atom stereocenters. The summed E-state index contributed by atoms with van der Waals surface area (Å²) < 4.78 is 5.58. The fourth-order valence-electron chi connectivity index (χ4n) is 3.49. The molecule has 3 atom stereocenters. The average Bonchev–Trinajstić information content (AvgIpc) is 2.34. The standard InChI is InChI=1S/C11H20O/c1-10(2)8-5-6-11(10,3)9(7-8)12-4/h8-9H,5-7H2,1-4H3/t8-,9-,11-/m1/s1. The first-order valence-electron chi connectivity index (χ1n) is 5.05. The van der Waals surface area contributed by atoms with Gasteiger partial charge < -0.3 is 4.74 Å². The molecular weight excluding hydrogens is 148 g/mol. The Morgan fingerprint density at radius 1 is 1.25 bits per heavy atom. The van der Waals surface area contributed by atoms with Crippen LogP contribution in [0, 0.1) is 16.7 Å². The van der Waals surface area contributed by atoms with E-state index >= 15 is 0 Å². The van der Waals surface area contributed by atoms with Crippen molar-refractivity contribution < 1.29 is 4.74 Å². The summed E-state index contributed by atoms with van der Waals surface area (Å²) in [6, 6.07) is 0. The Bertz CT molecular complexity index is 197. The van der Waals surface area contributed by atoms with Crippen LogP contribution in [0.25, 0.3) is 0 Å². The van der Waals surface area contributed by atoms with Gasteiger partial charge in [-0.05, 0) is 36.0 Å². The lowest BCUT2D eigenvalue weighted by atomic mass is 9.70. The highest BCUT2D eigenvalue weighted by Gasteiger charge is 2.61. The highest BCUT2D eigenvalue weighted by Crippen LogP contribution is 2.66. The maximum atomic E-state index is 5.58. The summed E-state index contributed by atoms with van der Waals surface area (Å²) in [6.07, 6.45) is 4.60. The molecule has 1 heteroatoms. The van der Waals surface area contributed by atoms with Crippen LogP contribution in [-0.2, 0) is 4.74 Å². The van der Waals surface area contributed by atoms with Crippen molar-refractivity contribution in [1.82, 2.24) is 0 Å². The van der Waals surface area contributed by atoms with E-state index < -0.39 is 0 Å². The Kier molecular flexibility index (Phi) is 1.61. The van der Waals surface area contributed by atoms with Crippen LogP contribution in [0.15, 0.2) is 0 Å². The normalized spacial score (nSPS) is 50.0. The van der Waals surface area contributed by atoms with Crippen molar-refractivity contribution in [2.75, 3.05) is 7.11 Å². The summed E-state index contributed by atoms with van der Waals surface area (Å²) >= 11 is 0. The van der Waals surface area contributed by atoms with E-state index in [1.807, 2.05) is 7.11 Å². The SMILES string of the molecule is CO[C@@H]1C[C@H]2CC[C@@]1(C)C2(C)C. The summed E-state index contributed by atoms with van der Waals surface area (Å²) in [5, 5.41) is 0. The Balaban J connectivity index is 2.33. The van der Waals surface area contributed by atoms with E-state index in [0.29, 0.717) is 16.9 Å². The smallest absolute Gasteiger partial charge is 0.0632 e. The molecule has 0 radical (unpaired) electrons. The molecule has 2 bridgehead atoms. The number of fused-ring (bicyclic) bond motifs is 2. The molecule has 0 heterocycles. The van der Waals surface area contributed by atoms with Crippen LogP contribution in [-0.4, -0.2) is 13.2 Å². The number of rotatable bonds is 1. The topological polar surface area (TPSA) is 9.23 Å². The highest BCUT2D eigenvalue weighted by atomic mass is 16.5. The Morgan fingerprint density at radius 3 is 2.17 bits per heavy atom. The van der Waals surface area contributed by atoms with Gasteiger partial charge >= 0.3 is 0 Å². The van der Waals surface area contributed by atoms with Crippen molar-refractivity contribution in [3.8, 4) is 0 Å². The van der Waals surface area contributed by atoms with Crippen LogP contribution in [0.1, 0.15) is 40.0 Å².